The Labute approximate surface area is 85.8 Å². The molecular weight excluding hydrogens is 172 g/mol. The quantitative estimate of drug-likeness (QED) is 0.667. The molecular formula is C13H18O. The van der Waals surface area contributed by atoms with E-state index in [1.807, 2.05) is 0 Å². The summed E-state index contributed by atoms with van der Waals surface area (Å²) in [7, 11) is 0. The fourth-order valence-corrected chi connectivity index (χ4v) is 2.45. The van der Waals surface area contributed by atoms with Gasteiger partial charge in [-0.1, -0.05) is 32.0 Å². The summed E-state index contributed by atoms with van der Waals surface area (Å²) in [5, 5.41) is 10.2. The standard InChI is InChI=1S/C13H18O/c1-8-5-4-6-11-7-9(2)10(3)13(14)12(8)11/h4-6,9-10,13-14H,7H2,1-3H3. The van der Waals surface area contributed by atoms with E-state index in [0.29, 0.717) is 11.8 Å². The highest BCUT2D eigenvalue weighted by Gasteiger charge is 2.30. The maximum absolute atomic E-state index is 10.2. The van der Waals surface area contributed by atoms with E-state index in [2.05, 4.69) is 39.0 Å². The van der Waals surface area contributed by atoms with Crippen LogP contribution in [0.25, 0.3) is 0 Å². The molecule has 1 heteroatoms. The fourth-order valence-electron chi connectivity index (χ4n) is 2.45. The van der Waals surface area contributed by atoms with Gasteiger partial charge >= 0.3 is 0 Å². The number of hydrogen-bond acceptors (Lipinski definition) is 1. The molecule has 0 radical (unpaired) electrons. The monoisotopic (exact) mass is 190 g/mol. The summed E-state index contributed by atoms with van der Waals surface area (Å²) in [5.74, 6) is 0.961. The molecule has 0 aliphatic heterocycles. The third-order valence-electron chi connectivity index (χ3n) is 3.65. The van der Waals surface area contributed by atoms with Crippen molar-refractivity contribution in [3.05, 3.63) is 34.9 Å². The van der Waals surface area contributed by atoms with Crippen molar-refractivity contribution < 1.29 is 5.11 Å². The summed E-state index contributed by atoms with van der Waals surface area (Å²) >= 11 is 0. The van der Waals surface area contributed by atoms with E-state index in [1.54, 1.807) is 0 Å². The van der Waals surface area contributed by atoms with Crippen molar-refractivity contribution in [3.8, 4) is 0 Å². The minimum atomic E-state index is -0.269. The van der Waals surface area contributed by atoms with Crippen molar-refractivity contribution >= 4 is 0 Å². The van der Waals surface area contributed by atoms with Crippen molar-refractivity contribution in [2.24, 2.45) is 11.8 Å². The van der Waals surface area contributed by atoms with E-state index >= 15 is 0 Å². The molecule has 0 amide bonds. The second-order valence-corrected chi connectivity index (χ2v) is 4.63. The van der Waals surface area contributed by atoms with Gasteiger partial charge in [-0.05, 0) is 41.9 Å². The molecule has 0 bridgehead atoms. The van der Waals surface area contributed by atoms with Crippen LogP contribution in [0.5, 0.6) is 0 Å². The Bertz CT molecular complexity index is 343. The average molecular weight is 190 g/mol. The molecule has 1 aliphatic rings. The maximum Gasteiger partial charge on any atom is 0.0823 e. The molecule has 0 saturated heterocycles. The van der Waals surface area contributed by atoms with Gasteiger partial charge < -0.3 is 5.11 Å². The van der Waals surface area contributed by atoms with E-state index in [1.165, 1.54) is 16.7 Å². The van der Waals surface area contributed by atoms with E-state index < -0.39 is 0 Å². The zero-order valence-electron chi connectivity index (χ0n) is 9.12. The highest BCUT2D eigenvalue weighted by molar-refractivity contribution is 5.38. The lowest BCUT2D eigenvalue weighted by atomic mass is 9.74. The molecule has 0 aromatic heterocycles. The zero-order valence-corrected chi connectivity index (χ0v) is 9.12. The van der Waals surface area contributed by atoms with E-state index in [0.717, 1.165) is 6.42 Å². The van der Waals surface area contributed by atoms with E-state index in [4.69, 9.17) is 0 Å². The zero-order chi connectivity index (χ0) is 10.3. The largest absolute Gasteiger partial charge is 0.388 e. The molecule has 3 unspecified atom stereocenters. The molecule has 0 saturated carbocycles. The highest BCUT2D eigenvalue weighted by Crippen LogP contribution is 2.38. The molecule has 0 fully saturated rings. The first-order chi connectivity index (χ1) is 6.61. The molecule has 1 nitrogen and oxygen atoms in total. The Kier molecular flexibility index (Phi) is 2.36. The first-order valence-electron chi connectivity index (χ1n) is 5.37. The number of benzene rings is 1. The van der Waals surface area contributed by atoms with Crippen LogP contribution in [0.1, 0.15) is 36.6 Å². The lowest BCUT2D eigenvalue weighted by Crippen LogP contribution is -2.26. The lowest BCUT2D eigenvalue weighted by molar-refractivity contribution is 0.0750. The van der Waals surface area contributed by atoms with Gasteiger partial charge in [-0.2, -0.15) is 0 Å². The molecule has 1 aromatic carbocycles. The van der Waals surface area contributed by atoms with Crippen LogP contribution < -0.4 is 0 Å². The van der Waals surface area contributed by atoms with Crippen molar-refractivity contribution in [3.63, 3.8) is 0 Å². The predicted octanol–water partition coefficient (Wildman–Crippen LogP) is 2.86. The average Bonchev–Trinajstić information content (AvgIpc) is 2.14. The van der Waals surface area contributed by atoms with Crippen LogP contribution in [-0.2, 0) is 6.42 Å². The Balaban J connectivity index is 2.51. The Hall–Kier alpha value is -0.820. The van der Waals surface area contributed by atoms with Crippen molar-refractivity contribution in [1.29, 1.82) is 0 Å². The van der Waals surface area contributed by atoms with Gasteiger partial charge in [0.1, 0.15) is 0 Å². The van der Waals surface area contributed by atoms with Gasteiger partial charge in [-0.3, -0.25) is 0 Å². The fraction of sp³-hybridized carbons (Fsp3) is 0.538. The number of aliphatic hydroxyl groups is 1. The summed E-state index contributed by atoms with van der Waals surface area (Å²) in [5.41, 5.74) is 3.75. The minimum absolute atomic E-state index is 0.269. The van der Waals surface area contributed by atoms with Gasteiger partial charge in [0.05, 0.1) is 6.10 Å². The number of hydrogen-bond donors (Lipinski definition) is 1. The summed E-state index contributed by atoms with van der Waals surface area (Å²) < 4.78 is 0. The number of aryl methyl sites for hydroxylation is 1. The second-order valence-electron chi connectivity index (χ2n) is 4.63. The van der Waals surface area contributed by atoms with Gasteiger partial charge in [-0.25, -0.2) is 0 Å². The number of rotatable bonds is 0. The second kappa shape index (κ2) is 3.39. The lowest BCUT2D eigenvalue weighted by Gasteiger charge is -2.33. The Morgan fingerprint density at radius 2 is 2.00 bits per heavy atom. The van der Waals surface area contributed by atoms with Crippen LogP contribution in [0.4, 0.5) is 0 Å². The molecule has 0 spiro atoms. The number of fused-ring (bicyclic) bond motifs is 1. The molecule has 14 heavy (non-hydrogen) atoms. The minimum Gasteiger partial charge on any atom is -0.388 e. The van der Waals surface area contributed by atoms with Gasteiger partial charge in [0.15, 0.2) is 0 Å². The van der Waals surface area contributed by atoms with E-state index in [-0.39, 0.29) is 6.10 Å². The normalized spacial score (nSPS) is 31.3. The predicted molar refractivity (Wildman–Crippen MR) is 58.2 cm³/mol. The van der Waals surface area contributed by atoms with Crippen LogP contribution in [0, 0.1) is 18.8 Å². The summed E-state index contributed by atoms with van der Waals surface area (Å²) in [6.07, 6.45) is 0.838. The van der Waals surface area contributed by atoms with Gasteiger partial charge in [-0.15, -0.1) is 0 Å². The van der Waals surface area contributed by atoms with Gasteiger partial charge in [0, 0.05) is 0 Å². The molecule has 76 valence electrons. The molecule has 1 aromatic rings. The summed E-state index contributed by atoms with van der Waals surface area (Å²) in [6.45, 7) is 6.45. The molecule has 1 N–H and O–H groups in total. The van der Waals surface area contributed by atoms with Crippen LogP contribution in [0.3, 0.4) is 0 Å². The van der Waals surface area contributed by atoms with E-state index in [9.17, 15) is 5.11 Å². The third kappa shape index (κ3) is 1.36. The topological polar surface area (TPSA) is 20.2 Å². The van der Waals surface area contributed by atoms with Crippen LogP contribution in [0.2, 0.25) is 0 Å². The van der Waals surface area contributed by atoms with Crippen LogP contribution in [-0.4, -0.2) is 5.11 Å². The number of aliphatic hydroxyl groups excluding tert-OH is 1. The van der Waals surface area contributed by atoms with Crippen LogP contribution in [0.15, 0.2) is 18.2 Å². The maximum atomic E-state index is 10.2. The first-order valence-corrected chi connectivity index (χ1v) is 5.37. The van der Waals surface area contributed by atoms with Crippen LogP contribution >= 0.6 is 0 Å². The van der Waals surface area contributed by atoms with Gasteiger partial charge in [0.25, 0.3) is 0 Å². The highest BCUT2D eigenvalue weighted by atomic mass is 16.3. The first kappa shape index (κ1) is 9.72. The van der Waals surface area contributed by atoms with Crippen molar-refractivity contribution in [2.75, 3.05) is 0 Å². The van der Waals surface area contributed by atoms with Crippen molar-refractivity contribution in [2.45, 2.75) is 33.3 Å². The molecule has 0 heterocycles. The SMILES string of the molecule is Cc1cccc2c1C(O)C(C)C(C)C2. The van der Waals surface area contributed by atoms with Crippen molar-refractivity contribution in [1.82, 2.24) is 0 Å². The Morgan fingerprint density at radius 3 is 2.71 bits per heavy atom. The summed E-state index contributed by atoms with van der Waals surface area (Å²) in [6, 6.07) is 6.32. The smallest absolute Gasteiger partial charge is 0.0823 e. The molecule has 1 aliphatic carbocycles. The molecule has 3 atom stereocenters. The third-order valence-corrected chi connectivity index (χ3v) is 3.65. The molecule has 2 rings (SSSR count). The Morgan fingerprint density at radius 1 is 1.29 bits per heavy atom. The van der Waals surface area contributed by atoms with Gasteiger partial charge in [0.2, 0.25) is 0 Å². The summed E-state index contributed by atoms with van der Waals surface area (Å²) in [4.78, 5) is 0.